The van der Waals surface area contributed by atoms with Crippen LogP contribution in [0.1, 0.15) is 16.4 Å². The Hall–Kier alpha value is -4.64. The summed E-state index contributed by atoms with van der Waals surface area (Å²) in [5.41, 5.74) is 1.31. The summed E-state index contributed by atoms with van der Waals surface area (Å²) in [6.07, 6.45) is 0. The van der Waals surface area contributed by atoms with Gasteiger partial charge >= 0.3 is 4.87 Å². The van der Waals surface area contributed by atoms with Crippen LogP contribution in [0.2, 0.25) is 0 Å². The minimum atomic E-state index is -3.92. The number of imide groups is 1. The van der Waals surface area contributed by atoms with Crippen molar-refractivity contribution in [3.63, 3.8) is 0 Å². The van der Waals surface area contributed by atoms with Crippen molar-refractivity contribution in [2.45, 2.75) is 27.6 Å². The zero-order valence-corrected chi connectivity index (χ0v) is 27.6. The summed E-state index contributed by atoms with van der Waals surface area (Å²) in [5.74, 6) is -1.58. The van der Waals surface area contributed by atoms with Crippen LogP contribution in [0.4, 0.5) is 11.4 Å². The van der Waals surface area contributed by atoms with Crippen LogP contribution >= 0.6 is 23.1 Å². The summed E-state index contributed by atoms with van der Waals surface area (Å²) >= 11 is 1.99. The number of carbonyl (C=O) groups excluding carboxylic acids is 3. The standard InChI is InChI=1S/C31H28N4O9S3/c1-42-19-9-7-18(8-10-19)35-28(37)25-24(16-4-13-21(43-2)22(14-16)44-3)27-30(45-26(25)29(35)38)34(31(39)46-27)15-23(36)33-17-5-11-20(12-6-17)47(32,40)41/h4-14,24-26H,15H2,1-3H3,(H,33,36)(H2,32,40,41)/t24-,25-,26+/m0/s1. The number of hydrogen-bond donors (Lipinski definition) is 2. The molecular weight excluding hydrogens is 669 g/mol. The highest BCUT2D eigenvalue weighted by molar-refractivity contribution is 8.00. The van der Waals surface area contributed by atoms with Crippen LogP contribution < -0.4 is 34.4 Å². The molecule has 2 aliphatic heterocycles. The van der Waals surface area contributed by atoms with Gasteiger partial charge in [-0.1, -0.05) is 29.2 Å². The van der Waals surface area contributed by atoms with Crippen LogP contribution in [0.25, 0.3) is 0 Å². The first-order valence-corrected chi connectivity index (χ1v) is 17.3. The number of anilines is 2. The first kappa shape index (κ1) is 32.3. The van der Waals surface area contributed by atoms with Gasteiger partial charge in [0.05, 0.1) is 42.9 Å². The van der Waals surface area contributed by atoms with Gasteiger partial charge in [-0.3, -0.25) is 23.7 Å². The number of fused-ring (bicyclic) bond motifs is 2. The molecule has 1 aromatic heterocycles. The molecule has 0 spiro atoms. The van der Waals surface area contributed by atoms with Gasteiger partial charge in [0.1, 0.15) is 17.5 Å². The van der Waals surface area contributed by atoms with E-state index >= 15 is 0 Å². The average molecular weight is 697 g/mol. The maximum absolute atomic E-state index is 14.1. The number of benzene rings is 3. The molecule has 47 heavy (non-hydrogen) atoms. The molecule has 0 aliphatic carbocycles. The third kappa shape index (κ3) is 5.88. The SMILES string of the molecule is COc1ccc(N2C(=O)[C@H]3[C@H](c4ccc(OC)c(OC)c4)c4sc(=O)n(CC(=O)Nc5ccc(S(N)(=O)=O)cc5)c4S[C@H]3C2=O)cc1. The lowest BCUT2D eigenvalue weighted by atomic mass is 9.83. The van der Waals surface area contributed by atoms with E-state index in [2.05, 4.69) is 5.32 Å². The Morgan fingerprint density at radius 1 is 0.894 bits per heavy atom. The van der Waals surface area contributed by atoms with Crippen LogP contribution in [0, 0.1) is 5.92 Å². The number of amides is 3. The predicted octanol–water partition coefficient (Wildman–Crippen LogP) is 3.02. The van der Waals surface area contributed by atoms with Crippen molar-refractivity contribution in [1.82, 2.24) is 4.57 Å². The largest absolute Gasteiger partial charge is 0.497 e. The lowest BCUT2D eigenvalue weighted by Gasteiger charge is -2.31. The minimum Gasteiger partial charge on any atom is -0.497 e. The third-order valence-corrected chi connectivity index (χ3v) is 11.4. The number of rotatable bonds is 9. The number of sulfonamides is 1. The lowest BCUT2D eigenvalue weighted by molar-refractivity contribution is -0.122. The van der Waals surface area contributed by atoms with Crippen molar-refractivity contribution in [3.05, 3.63) is 86.8 Å². The molecule has 3 aromatic carbocycles. The van der Waals surface area contributed by atoms with E-state index in [1.54, 1.807) is 42.5 Å². The lowest BCUT2D eigenvalue weighted by Crippen LogP contribution is -2.33. The van der Waals surface area contributed by atoms with E-state index in [9.17, 15) is 27.6 Å². The first-order chi connectivity index (χ1) is 22.4. The molecule has 0 saturated carbocycles. The van der Waals surface area contributed by atoms with Gasteiger partial charge in [-0.25, -0.2) is 18.5 Å². The summed E-state index contributed by atoms with van der Waals surface area (Å²) in [6, 6.07) is 17.0. The van der Waals surface area contributed by atoms with Gasteiger partial charge in [0.2, 0.25) is 27.7 Å². The van der Waals surface area contributed by atoms with Crippen LogP contribution in [0.15, 0.2) is 81.4 Å². The zero-order valence-electron chi connectivity index (χ0n) is 25.2. The number of thioether (sulfide) groups is 1. The third-order valence-electron chi connectivity index (χ3n) is 7.91. The summed E-state index contributed by atoms with van der Waals surface area (Å²) in [5, 5.41) is 7.31. The van der Waals surface area contributed by atoms with Crippen LogP contribution in [-0.4, -0.2) is 57.3 Å². The number of carbonyl (C=O) groups is 3. The number of nitrogens with one attached hydrogen (secondary N) is 1. The van der Waals surface area contributed by atoms with E-state index in [1.807, 2.05) is 0 Å². The molecule has 244 valence electrons. The molecule has 3 atom stereocenters. The number of thiazole rings is 1. The number of ether oxygens (including phenoxy) is 3. The van der Waals surface area contributed by atoms with Gasteiger partial charge < -0.3 is 19.5 Å². The summed E-state index contributed by atoms with van der Waals surface area (Å²) in [7, 11) is 0.584. The number of hydrogen-bond acceptors (Lipinski definition) is 11. The highest BCUT2D eigenvalue weighted by atomic mass is 32.2. The molecule has 1 saturated heterocycles. The molecule has 0 unspecified atom stereocenters. The Labute approximate surface area is 277 Å². The molecule has 0 radical (unpaired) electrons. The highest BCUT2D eigenvalue weighted by Crippen LogP contribution is 2.54. The number of primary sulfonamides is 1. The highest BCUT2D eigenvalue weighted by Gasteiger charge is 2.57. The number of nitrogens with zero attached hydrogens (tertiary/aromatic N) is 2. The molecule has 3 N–H and O–H groups in total. The van der Waals surface area contributed by atoms with Crippen molar-refractivity contribution >= 4 is 62.2 Å². The van der Waals surface area contributed by atoms with Gasteiger partial charge in [-0.2, -0.15) is 0 Å². The number of aromatic nitrogens is 1. The quantitative estimate of drug-likeness (QED) is 0.248. The van der Waals surface area contributed by atoms with Crippen LogP contribution in [0.5, 0.6) is 17.2 Å². The molecule has 16 heteroatoms. The molecule has 3 heterocycles. The fourth-order valence-corrected chi connectivity index (χ4v) is 9.01. The molecule has 2 aliphatic rings. The van der Waals surface area contributed by atoms with E-state index in [-0.39, 0.29) is 4.90 Å². The summed E-state index contributed by atoms with van der Waals surface area (Å²) in [6.45, 7) is -0.394. The summed E-state index contributed by atoms with van der Waals surface area (Å²) in [4.78, 5) is 55.9. The zero-order chi connectivity index (χ0) is 33.6. The minimum absolute atomic E-state index is 0.120. The van der Waals surface area contributed by atoms with Gasteiger partial charge in [-0.05, 0) is 66.2 Å². The summed E-state index contributed by atoms with van der Waals surface area (Å²) < 4.78 is 40.6. The van der Waals surface area contributed by atoms with Gasteiger partial charge in [0, 0.05) is 16.5 Å². The van der Waals surface area contributed by atoms with Crippen molar-refractivity contribution in [2.24, 2.45) is 11.1 Å². The Morgan fingerprint density at radius 2 is 1.57 bits per heavy atom. The number of nitrogens with two attached hydrogens (primary N) is 1. The second-order valence-electron chi connectivity index (χ2n) is 10.6. The topological polar surface area (TPSA) is 176 Å². The van der Waals surface area contributed by atoms with E-state index in [0.29, 0.717) is 44.1 Å². The molecule has 4 aromatic rings. The van der Waals surface area contributed by atoms with E-state index < -0.39 is 56.2 Å². The first-order valence-electron chi connectivity index (χ1n) is 14.0. The van der Waals surface area contributed by atoms with Crippen molar-refractivity contribution in [1.29, 1.82) is 0 Å². The van der Waals surface area contributed by atoms with E-state index in [0.717, 1.165) is 28.0 Å². The molecule has 0 bridgehead atoms. The normalized spacial score (nSPS) is 18.8. The van der Waals surface area contributed by atoms with Crippen molar-refractivity contribution in [3.8, 4) is 17.2 Å². The second-order valence-corrected chi connectivity index (χ2v) is 14.3. The maximum Gasteiger partial charge on any atom is 0.308 e. The van der Waals surface area contributed by atoms with E-state index in [4.69, 9.17) is 19.3 Å². The van der Waals surface area contributed by atoms with Gasteiger partial charge in [-0.15, -0.1) is 0 Å². The molecule has 3 amide bonds. The smallest absolute Gasteiger partial charge is 0.308 e. The second kappa shape index (κ2) is 12.5. The Kier molecular flexibility index (Phi) is 8.61. The Bertz CT molecular complexity index is 2060. The Morgan fingerprint density at radius 3 is 2.19 bits per heavy atom. The van der Waals surface area contributed by atoms with Crippen molar-refractivity contribution < 1.29 is 37.0 Å². The van der Waals surface area contributed by atoms with Gasteiger partial charge in [0.25, 0.3) is 0 Å². The fraction of sp³-hybridized carbons (Fsp3) is 0.226. The fourth-order valence-electron chi connectivity index (χ4n) is 5.72. The number of methoxy groups -OCH3 is 3. The predicted molar refractivity (Wildman–Crippen MR) is 175 cm³/mol. The molecule has 1 fully saturated rings. The van der Waals surface area contributed by atoms with Crippen LogP contribution in [-0.2, 0) is 31.0 Å². The monoisotopic (exact) mass is 696 g/mol. The molecular formula is C31H28N4O9S3. The Balaban J connectivity index is 1.39. The van der Waals surface area contributed by atoms with Crippen LogP contribution in [0.3, 0.4) is 0 Å². The van der Waals surface area contributed by atoms with E-state index in [1.165, 1.54) is 50.2 Å². The molecule has 6 rings (SSSR count). The average Bonchev–Trinajstić information content (AvgIpc) is 3.50. The van der Waals surface area contributed by atoms with Crippen molar-refractivity contribution in [2.75, 3.05) is 31.5 Å². The molecule has 13 nitrogen and oxygen atoms in total. The maximum atomic E-state index is 14.1. The van der Waals surface area contributed by atoms with Gasteiger partial charge in [0.15, 0.2) is 11.5 Å².